The smallest absolute Gasteiger partial charge is 0.407 e. The molecule has 0 unspecified atom stereocenters. The predicted molar refractivity (Wildman–Crippen MR) is 120 cm³/mol. The maximum Gasteiger partial charge on any atom is 0.407 e. The molecule has 2 atom stereocenters. The normalized spacial score (nSPS) is 20.2. The number of piperidine rings is 1. The monoisotopic (exact) mass is 462 g/mol. The van der Waals surface area contributed by atoms with Crippen LogP contribution in [0.2, 0.25) is 0 Å². The third kappa shape index (κ3) is 6.82. The molecule has 0 aromatic heterocycles. The summed E-state index contributed by atoms with van der Waals surface area (Å²) in [5.74, 6) is -0.414. The molecule has 0 spiro atoms. The van der Waals surface area contributed by atoms with Crippen LogP contribution in [0.1, 0.15) is 45.6 Å². The van der Waals surface area contributed by atoms with E-state index in [2.05, 4.69) is 5.48 Å². The summed E-state index contributed by atoms with van der Waals surface area (Å²) in [4.78, 5) is 50.6. The minimum atomic E-state index is -1.02. The van der Waals surface area contributed by atoms with E-state index in [9.17, 15) is 19.5 Å². The van der Waals surface area contributed by atoms with Gasteiger partial charge in [-0.2, -0.15) is 5.06 Å². The van der Waals surface area contributed by atoms with Crippen LogP contribution in [0.3, 0.4) is 0 Å². The van der Waals surface area contributed by atoms with Crippen molar-refractivity contribution in [3.05, 3.63) is 35.9 Å². The van der Waals surface area contributed by atoms with Gasteiger partial charge in [0.25, 0.3) is 5.91 Å². The summed E-state index contributed by atoms with van der Waals surface area (Å²) in [6, 6.07) is 8.53. The fraction of sp³-hybridized carbons (Fsp3) is 0.609. The minimum Gasteiger partial charge on any atom is -0.465 e. The molecule has 2 saturated heterocycles. The molecule has 2 aliphatic heterocycles. The van der Waals surface area contributed by atoms with E-state index in [-0.39, 0.29) is 37.2 Å². The Morgan fingerprint density at radius 2 is 1.91 bits per heavy atom. The van der Waals surface area contributed by atoms with E-state index < -0.39 is 18.0 Å². The lowest BCUT2D eigenvalue weighted by atomic mass is 9.92. The number of hydrogen-bond acceptors (Lipinski definition) is 5. The Hall–Kier alpha value is -2.85. The second kappa shape index (κ2) is 10.8. The standard InChI is InChI=1S/C23H34N4O6/c1-23(2,3)11-12-25(22(30)31)13-14-32-24-20(28)19-10-9-18-15-26(19)21(29)27(18)33-16-17-7-5-4-6-8-17/h4-8,18-19H,9-16H2,1-3H3,(H,24,28)(H,30,31)/t18-,19+/m1/s1. The minimum absolute atomic E-state index is 0.0164. The highest BCUT2D eigenvalue weighted by Crippen LogP contribution is 2.30. The summed E-state index contributed by atoms with van der Waals surface area (Å²) in [6.45, 7) is 7.41. The van der Waals surface area contributed by atoms with Crippen LogP contribution < -0.4 is 5.48 Å². The second-order valence-electron chi connectivity index (χ2n) is 9.66. The highest BCUT2D eigenvalue weighted by molar-refractivity contribution is 5.88. The Kier molecular flexibility index (Phi) is 8.15. The van der Waals surface area contributed by atoms with Gasteiger partial charge >= 0.3 is 12.1 Å². The zero-order valence-corrected chi connectivity index (χ0v) is 19.5. The number of hydroxylamine groups is 3. The summed E-state index contributed by atoms with van der Waals surface area (Å²) in [7, 11) is 0. The van der Waals surface area contributed by atoms with Gasteiger partial charge < -0.3 is 14.9 Å². The molecular weight excluding hydrogens is 428 g/mol. The van der Waals surface area contributed by atoms with E-state index in [1.165, 1.54) is 14.9 Å². The first kappa shape index (κ1) is 24.8. The molecule has 0 saturated carbocycles. The van der Waals surface area contributed by atoms with Crippen LogP contribution in [0.5, 0.6) is 0 Å². The highest BCUT2D eigenvalue weighted by atomic mass is 16.7. The van der Waals surface area contributed by atoms with E-state index in [0.29, 0.717) is 25.9 Å². The number of hydrogen-bond donors (Lipinski definition) is 2. The number of fused-ring (bicyclic) bond motifs is 2. The molecule has 10 heteroatoms. The molecule has 1 aromatic rings. The maximum atomic E-state index is 12.8. The third-order valence-electron chi connectivity index (χ3n) is 5.88. The molecule has 2 bridgehead atoms. The van der Waals surface area contributed by atoms with Crippen LogP contribution in [-0.4, -0.2) is 76.3 Å². The number of nitrogens with zero attached hydrogens (tertiary/aromatic N) is 3. The van der Waals surface area contributed by atoms with Crippen LogP contribution in [0.4, 0.5) is 9.59 Å². The lowest BCUT2D eigenvalue weighted by molar-refractivity contribution is -0.141. The Morgan fingerprint density at radius 1 is 1.18 bits per heavy atom. The molecule has 2 fully saturated rings. The lowest BCUT2D eigenvalue weighted by Crippen LogP contribution is -2.50. The van der Waals surface area contributed by atoms with Crippen LogP contribution in [0, 0.1) is 5.41 Å². The predicted octanol–water partition coefficient (Wildman–Crippen LogP) is 2.85. The number of amides is 4. The van der Waals surface area contributed by atoms with Crippen LogP contribution in [0.25, 0.3) is 0 Å². The van der Waals surface area contributed by atoms with Crippen molar-refractivity contribution in [2.75, 3.05) is 26.2 Å². The first-order valence-corrected chi connectivity index (χ1v) is 11.3. The van der Waals surface area contributed by atoms with E-state index in [0.717, 1.165) is 12.0 Å². The fourth-order valence-corrected chi connectivity index (χ4v) is 3.91. The summed E-state index contributed by atoms with van der Waals surface area (Å²) in [6.07, 6.45) is 0.846. The van der Waals surface area contributed by atoms with Crippen molar-refractivity contribution >= 4 is 18.0 Å². The van der Waals surface area contributed by atoms with E-state index >= 15 is 0 Å². The van der Waals surface area contributed by atoms with Gasteiger partial charge in [0.2, 0.25) is 0 Å². The van der Waals surface area contributed by atoms with Crippen molar-refractivity contribution < 1.29 is 29.2 Å². The largest absolute Gasteiger partial charge is 0.465 e. The molecule has 4 amide bonds. The fourth-order valence-electron chi connectivity index (χ4n) is 3.91. The quantitative estimate of drug-likeness (QED) is 0.409. The van der Waals surface area contributed by atoms with Crippen molar-refractivity contribution in [2.24, 2.45) is 5.41 Å². The molecule has 33 heavy (non-hydrogen) atoms. The van der Waals surface area contributed by atoms with Crippen LogP contribution in [-0.2, 0) is 21.1 Å². The molecule has 2 N–H and O–H groups in total. The van der Waals surface area contributed by atoms with Crippen molar-refractivity contribution in [3.63, 3.8) is 0 Å². The Labute approximate surface area is 194 Å². The molecule has 1 aromatic carbocycles. The SMILES string of the molecule is CC(C)(C)CCN(CCONC(=O)[C@@H]1CC[C@@H]2CN1C(=O)N2OCc1ccccc1)C(=O)O. The van der Waals surface area contributed by atoms with E-state index in [1.807, 2.05) is 51.1 Å². The number of carbonyl (C=O) groups excluding carboxylic acids is 2. The summed E-state index contributed by atoms with van der Waals surface area (Å²) >= 11 is 0. The molecule has 0 radical (unpaired) electrons. The Bertz CT molecular complexity index is 828. The van der Waals surface area contributed by atoms with Crippen molar-refractivity contribution in [3.8, 4) is 0 Å². The maximum absolute atomic E-state index is 12.8. The Balaban J connectivity index is 1.43. The van der Waals surface area contributed by atoms with Crippen LogP contribution in [0.15, 0.2) is 30.3 Å². The van der Waals surface area contributed by atoms with Gasteiger partial charge in [-0.25, -0.2) is 15.1 Å². The van der Waals surface area contributed by atoms with Crippen molar-refractivity contribution in [2.45, 2.75) is 58.7 Å². The summed E-state index contributed by atoms with van der Waals surface area (Å²) in [5.41, 5.74) is 3.36. The third-order valence-corrected chi connectivity index (χ3v) is 5.88. The van der Waals surface area contributed by atoms with Gasteiger partial charge in [-0.15, -0.1) is 0 Å². The van der Waals surface area contributed by atoms with Gasteiger partial charge in [0, 0.05) is 19.6 Å². The van der Waals surface area contributed by atoms with Gasteiger partial charge in [-0.1, -0.05) is 51.1 Å². The van der Waals surface area contributed by atoms with Crippen molar-refractivity contribution in [1.82, 2.24) is 20.3 Å². The lowest BCUT2D eigenvalue weighted by Gasteiger charge is -2.29. The first-order valence-electron chi connectivity index (χ1n) is 11.3. The highest BCUT2D eigenvalue weighted by Gasteiger charge is 2.48. The molecule has 0 aliphatic carbocycles. The van der Waals surface area contributed by atoms with E-state index in [4.69, 9.17) is 9.68 Å². The average Bonchev–Trinajstić information content (AvgIpc) is 3.00. The average molecular weight is 463 g/mol. The van der Waals surface area contributed by atoms with Crippen molar-refractivity contribution in [1.29, 1.82) is 0 Å². The summed E-state index contributed by atoms with van der Waals surface area (Å²) in [5, 5.41) is 10.7. The topological polar surface area (TPSA) is 112 Å². The first-order chi connectivity index (χ1) is 15.7. The molecule has 10 nitrogen and oxygen atoms in total. The molecular formula is C23H34N4O6. The second-order valence-corrected chi connectivity index (χ2v) is 9.66. The summed E-state index contributed by atoms with van der Waals surface area (Å²) < 4.78 is 0. The zero-order valence-electron chi connectivity index (χ0n) is 19.5. The van der Waals surface area contributed by atoms with Gasteiger partial charge in [0.05, 0.1) is 12.6 Å². The Morgan fingerprint density at radius 3 is 2.58 bits per heavy atom. The number of rotatable bonds is 10. The van der Waals surface area contributed by atoms with Gasteiger partial charge in [0.15, 0.2) is 0 Å². The molecule has 2 aliphatic rings. The van der Waals surface area contributed by atoms with Crippen LogP contribution >= 0.6 is 0 Å². The number of urea groups is 1. The zero-order chi connectivity index (χ0) is 24.0. The molecule has 2 heterocycles. The van der Waals surface area contributed by atoms with E-state index in [1.54, 1.807) is 0 Å². The number of nitrogens with one attached hydrogen (secondary N) is 1. The van der Waals surface area contributed by atoms with Gasteiger partial charge in [0.1, 0.15) is 12.6 Å². The number of carboxylic acid groups (broad SMARTS) is 1. The van der Waals surface area contributed by atoms with Gasteiger partial charge in [-0.05, 0) is 30.2 Å². The molecule has 3 rings (SSSR count). The van der Waals surface area contributed by atoms with Gasteiger partial charge in [-0.3, -0.25) is 14.5 Å². The number of carbonyl (C=O) groups is 3. The number of benzene rings is 1. The molecule has 182 valence electrons.